The van der Waals surface area contributed by atoms with Gasteiger partial charge in [0.25, 0.3) is 5.91 Å². The van der Waals surface area contributed by atoms with Crippen molar-refractivity contribution in [2.75, 3.05) is 32.5 Å². The van der Waals surface area contributed by atoms with Gasteiger partial charge in [-0.05, 0) is 90.4 Å². The normalized spacial score (nSPS) is 23.6. The highest BCUT2D eigenvalue weighted by Crippen LogP contribution is 2.55. The van der Waals surface area contributed by atoms with Crippen LogP contribution in [-0.4, -0.2) is 80.2 Å². The number of likely N-dealkylation sites (N-methyl/N-ethyl adjacent to an activating group) is 1. The summed E-state index contributed by atoms with van der Waals surface area (Å²) in [5, 5.41) is 22.9. The van der Waals surface area contributed by atoms with Crippen molar-refractivity contribution < 1.29 is 18.8 Å². The van der Waals surface area contributed by atoms with Gasteiger partial charge < -0.3 is 25.0 Å². The Hall–Kier alpha value is -4.32. The number of aryl methyl sites for hydroxylation is 1. The zero-order valence-corrected chi connectivity index (χ0v) is 28.2. The topological polar surface area (TPSA) is 170 Å². The maximum atomic E-state index is 13.0. The van der Waals surface area contributed by atoms with E-state index in [1.807, 2.05) is 6.92 Å². The molecule has 4 aromatic rings. The molecule has 8 rings (SSSR count). The van der Waals surface area contributed by atoms with Crippen LogP contribution in [0.2, 0.25) is 0 Å². The number of nitrogen functional groups attached to an aromatic ring is 1. The minimum Gasteiger partial charge on any atom is -0.473 e. The van der Waals surface area contributed by atoms with Crippen molar-refractivity contribution in [3.63, 3.8) is 0 Å². The van der Waals surface area contributed by atoms with Crippen LogP contribution in [0.5, 0.6) is 5.88 Å². The van der Waals surface area contributed by atoms with E-state index in [-0.39, 0.29) is 23.7 Å². The van der Waals surface area contributed by atoms with Gasteiger partial charge >= 0.3 is 0 Å². The Balaban J connectivity index is 1.19. The maximum absolute atomic E-state index is 13.0. The first-order chi connectivity index (χ1) is 23.2. The van der Waals surface area contributed by atoms with Gasteiger partial charge in [0.2, 0.25) is 5.88 Å². The summed E-state index contributed by atoms with van der Waals surface area (Å²) in [6.45, 7) is 5.97. The third-order valence-corrected chi connectivity index (χ3v) is 11.6. The number of hydrogen-bond acceptors (Lipinski definition) is 12. The van der Waals surface area contributed by atoms with Gasteiger partial charge in [0, 0.05) is 28.7 Å². The number of amides is 1. The Morgan fingerprint density at radius 2 is 2.06 bits per heavy atom. The molecule has 0 radical (unpaired) electrons. The number of ether oxygens (including phenoxy) is 2. The van der Waals surface area contributed by atoms with Crippen molar-refractivity contribution in [1.29, 1.82) is 5.26 Å². The van der Waals surface area contributed by atoms with Crippen LogP contribution in [0.3, 0.4) is 0 Å². The lowest BCUT2D eigenvalue weighted by atomic mass is 9.63. The summed E-state index contributed by atoms with van der Waals surface area (Å²) in [5.74, 6) is 1.69. The quantitative estimate of drug-likeness (QED) is 0.290. The second-order valence-electron chi connectivity index (χ2n) is 13.9. The summed E-state index contributed by atoms with van der Waals surface area (Å²) in [5.41, 5.74) is 8.84. The van der Waals surface area contributed by atoms with Crippen molar-refractivity contribution in [3.8, 4) is 29.3 Å². The molecule has 0 aromatic carbocycles. The summed E-state index contributed by atoms with van der Waals surface area (Å²) in [4.78, 5) is 26.3. The molecule has 2 saturated heterocycles. The first kappa shape index (κ1) is 31.0. The van der Waals surface area contributed by atoms with Gasteiger partial charge in [0.15, 0.2) is 28.8 Å². The smallest absolute Gasteiger partial charge is 0.272 e. The largest absolute Gasteiger partial charge is 0.473 e. The van der Waals surface area contributed by atoms with Crippen LogP contribution >= 0.6 is 11.3 Å². The van der Waals surface area contributed by atoms with Crippen molar-refractivity contribution in [2.24, 2.45) is 0 Å². The van der Waals surface area contributed by atoms with Crippen molar-refractivity contribution in [2.45, 2.75) is 88.3 Å². The van der Waals surface area contributed by atoms with Crippen LogP contribution < -0.4 is 15.8 Å². The molecule has 48 heavy (non-hydrogen) atoms. The molecule has 6 heterocycles. The Bertz CT molecular complexity index is 1930. The number of carbonyl (C=O) groups is 1. The second kappa shape index (κ2) is 11.7. The highest BCUT2D eigenvalue weighted by molar-refractivity contribution is 7.16. The first-order valence-corrected chi connectivity index (χ1v) is 17.5. The molecule has 0 saturated carbocycles. The first-order valence-electron chi connectivity index (χ1n) is 16.7. The van der Waals surface area contributed by atoms with E-state index in [9.17, 15) is 10.1 Å². The fraction of sp³-hybridized carbons (Fsp3) is 0.529. The van der Waals surface area contributed by atoms with Gasteiger partial charge in [-0.2, -0.15) is 15.3 Å². The van der Waals surface area contributed by atoms with Gasteiger partial charge in [0.1, 0.15) is 17.2 Å². The van der Waals surface area contributed by atoms with Gasteiger partial charge in [-0.25, -0.2) is 9.67 Å². The molecule has 2 fully saturated rings. The van der Waals surface area contributed by atoms with Gasteiger partial charge in [-0.1, -0.05) is 5.16 Å². The molecule has 4 aliphatic rings. The van der Waals surface area contributed by atoms with E-state index in [0.29, 0.717) is 47.0 Å². The molecule has 13 nitrogen and oxygen atoms in total. The molecule has 0 unspecified atom stereocenters. The summed E-state index contributed by atoms with van der Waals surface area (Å²) in [6, 6.07) is 6.06. The number of anilines is 1. The van der Waals surface area contributed by atoms with Crippen LogP contribution in [0.25, 0.3) is 17.3 Å². The molecule has 3 atom stereocenters. The molecule has 2 aliphatic heterocycles. The van der Waals surface area contributed by atoms with Crippen LogP contribution in [-0.2, 0) is 23.0 Å². The van der Waals surface area contributed by atoms with E-state index < -0.39 is 11.0 Å². The monoisotopic (exact) mass is 669 g/mol. The highest BCUT2D eigenvalue weighted by Gasteiger charge is 2.49. The molecule has 2 aliphatic carbocycles. The van der Waals surface area contributed by atoms with Crippen LogP contribution in [0.4, 0.5) is 5.00 Å². The number of nitrogens with two attached hydrogens (primary N) is 1. The predicted octanol–water partition coefficient (Wildman–Crippen LogP) is 4.17. The average Bonchev–Trinajstić information content (AvgIpc) is 3.86. The number of thiophene rings is 1. The minimum atomic E-state index is -0.462. The number of hydrogen-bond donors (Lipinski definition) is 2. The number of nitrogens with one attached hydrogen (secondary N) is 1. The van der Waals surface area contributed by atoms with Crippen LogP contribution in [0.1, 0.15) is 90.2 Å². The lowest BCUT2D eigenvalue weighted by Crippen LogP contribution is -2.59. The zero-order valence-electron chi connectivity index (χ0n) is 27.4. The fourth-order valence-corrected chi connectivity index (χ4v) is 9.26. The molecule has 14 heteroatoms. The van der Waals surface area contributed by atoms with Crippen LogP contribution in [0.15, 0.2) is 22.9 Å². The lowest BCUT2D eigenvalue weighted by Gasteiger charge is -2.39. The SMILES string of the molecule is C[C@H](Oc1cc(-n2ccc(C(=O)NC3(C)COC3)n2)nc(-c2noc3c2CCC[C@@]32CCCc3sc(N)c(C#N)c32)n1)[C@@H]1CCCN1C. The van der Waals surface area contributed by atoms with Gasteiger partial charge in [-0.15, -0.1) is 11.3 Å². The summed E-state index contributed by atoms with van der Waals surface area (Å²) >= 11 is 1.52. The Kier molecular flexibility index (Phi) is 7.54. The summed E-state index contributed by atoms with van der Waals surface area (Å²) < 4.78 is 19.6. The number of aromatic nitrogens is 5. The molecule has 1 amide bonds. The summed E-state index contributed by atoms with van der Waals surface area (Å²) in [7, 11) is 2.12. The van der Waals surface area contributed by atoms with Gasteiger partial charge in [0.05, 0.1) is 29.7 Å². The molecule has 1 spiro atoms. The third-order valence-electron chi connectivity index (χ3n) is 10.5. The van der Waals surface area contributed by atoms with Gasteiger partial charge in [-0.3, -0.25) is 9.69 Å². The number of fused-ring (bicyclic) bond motifs is 4. The molecule has 4 aromatic heterocycles. The van der Waals surface area contributed by atoms with Crippen LogP contribution in [0, 0.1) is 11.3 Å². The average molecular weight is 670 g/mol. The maximum Gasteiger partial charge on any atom is 0.272 e. The lowest BCUT2D eigenvalue weighted by molar-refractivity contribution is -0.0594. The highest BCUT2D eigenvalue weighted by atomic mass is 32.1. The number of carbonyl (C=O) groups excluding carboxylic acids is 1. The van der Waals surface area contributed by atoms with Crippen molar-refractivity contribution in [1.82, 2.24) is 35.1 Å². The second-order valence-corrected chi connectivity index (χ2v) is 15.1. The standard InChI is InChI=1S/C34H39N9O4S/c1-19(23-8-6-13-42(23)3)46-26-15-25(43-14-10-22(40-43)32(44)39-33(2)17-45-18-33)37-31(38-26)28-20-7-4-11-34(29(20)47-41-28)12-5-9-24-27(34)21(16-35)30(36)48-24/h10,14-15,19,23H,4-9,11-13,17-18,36H2,1-3H3,(H,39,44)/t19-,23-,34-/m0/s1. The molecule has 3 N–H and O–H groups in total. The van der Waals surface area contributed by atoms with Crippen molar-refractivity contribution >= 4 is 22.2 Å². The van der Waals surface area contributed by atoms with Crippen molar-refractivity contribution in [3.05, 3.63) is 51.4 Å². The Labute approximate surface area is 282 Å². The number of rotatable bonds is 7. The molecule has 0 bridgehead atoms. The third kappa shape index (κ3) is 5.07. The minimum absolute atomic E-state index is 0.124. The number of likely N-dealkylation sites (tertiary alicyclic amines) is 1. The van der Waals surface area contributed by atoms with E-state index in [4.69, 9.17) is 29.7 Å². The zero-order chi connectivity index (χ0) is 33.2. The molecular formula is C34H39N9O4S. The van der Waals surface area contributed by atoms with E-state index in [0.717, 1.165) is 74.8 Å². The fourth-order valence-electron chi connectivity index (χ4n) is 8.10. The van der Waals surface area contributed by atoms with E-state index in [2.05, 4.69) is 40.5 Å². The summed E-state index contributed by atoms with van der Waals surface area (Å²) in [6.07, 6.45) is 8.99. The molecule has 250 valence electrons. The Morgan fingerprint density at radius 3 is 2.79 bits per heavy atom. The van der Waals surface area contributed by atoms with E-state index in [1.54, 1.807) is 23.0 Å². The predicted molar refractivity (Wildman–Crippen MR) is 177 cm³/mol. The number of nitrogens with zero attached hydrogens (tertiary/aromatic N) is 7. The Morgan fingerprint density at radius 1 is 1.25 bits per heavy atom. The molecular weight excluding hydrogens is 630 g/mol. The van der Waals surface area contributed by atoms with E-state index >= 15 is 0 Å². The number of nitriles is 1. The van der Waals surface area contributed by atoms with E-state index in [1.165, 1.54) is 16.2 Å².